The zero-order chi connectivity index (χ0) is 32.0. The maximum atomic E-state index is 13.3. The van der Waals surface area contributed by atoms with E-state index in [0.717, 1.165) is 84.7 Å². The van der Waals surface area contributed by atoms with Crippen LogP contribution in [0.25, 0.3) is 22.2 Å². The molecule has 0 aliphatic carbocycles. The van der Waals surface area contributed by atoms with Crippen LogP contribution in [0.1, 0.15) is 51.0 Å². The Kier molecular flexibility index (Phi) is 9.46. The van der Waals surface area contributed by atoms with Crippen molar-refractivity contribution in [1.82, 2.24) is 45.3 Å². The molecule has 1 aliphatic rings. The molecule has 12 heteroatoms. The number of nitrogens with zero attached hydrogens (tertiary/aromatic N) is 7. The summed E-state index contributed by atoms with van der Waals surface area (Å²) in [4.78, 5) is 36.0. The minimum Gasteiger partial charge on any atom is -0.351 e. The van der Waals surface area contributed by atoms with Crippen molar-refractivity contribution in [1.29, 1.82) is 0 Å². The molecule has 0 unspecified atom stereocenters. The highest BCUT2D eigenvalue weighted by atomic mass is 16.2. The number of aromatic nitrogens is 6. The first kappa shape index (κ1) is 31.1. The Morgan fingerprint density at radius 3 is 2.50 bits per heavy atom. The number of hydrogen-bond acceptors (Lipinski definition) is 8. The van der Waals surface area contributed by atoms with Crippen LogP contribution in [0.4, 0.5) is 5.95 Å². The average molecular weight is 621 g/mol. The predicted molar refractivity (Wildman–Crippen MR) is 178 cm³/mol. The Hall–Kier alpha value is -4.94. The van der Waals surface area contributed by atoms with Gasteiger partial charge >= 0.3 is 0 Å². The van der Waals surface area contributed by atoms with Gasteiger partial charge < -0.3 is 14.8 Å². The second-order valence-corrected chi connectivity index (χ2v) is 11.9. The highest BCUT2D eigenvalue weighted by Crippen LogP contribution is 2.27. The predicted octanol–water partition coefficient (Wildman–Crippen LogP) is 3.76. The molecule has 0 bridgehead atoms. The monoisotopic (exact) mass is 620 g/mol. The molecule has 1 aliphatic heterocycles. The molecule has 2 amide bonds. The Morgan fingerprint density at radius 2 is 1.76 bits per heavy atom. The first-order valence-electron chi connectivity index (χ1n) is 15.8. The van der Waals surface area contributed by atoms with Crippen LogP contribution in [0.2, 0.25) is 0 Å². The number of nitrogens with one attached hydrogen (secondary N) is 3. The number of carbonyl (C=O) groups excluding carboxylic acids is 2. The lowest BCUT2D eigenvalue weighted by Gasteiger charge is -2.32. The van der Waals surface area contributed by atoms with Crippen molar-refractivity contribution in [2.75, 3.05) is 51.6 Å². The van der Waals surface area contributed by atoms with Crippen LogP contribution in [0.3, 0.4) is 0 Å². The number of tetrazole rings is 1. The van der Waals surface area contributed by atoms with Gasteiger partial charge in [-0.15, -0.1) is 5.10 Å². The first-order valence-corrected chi connectivity index (χ1v) is 15.8. The number of imidazole rings is 1. The molecule has 3 aromatic carbocycles. The van der Waals surface area contributed by atoms with E-state index in [2.05, 4.69) is 71.7 Å². The van der Waals surface area contributed by atoms with Crippen molar-refractivity contribution < 1.29 is 9.59 Å². The minimum atomic E-state index is -0.315. The van der Waals surface area contributed by atoms with Crippen molar-refractivity contribution in [3.8, 4) is 11.1 Å². The number of rotatable bonds is 11. The van der Waals surface area contributed by atoms with Gasteiger partial charge in [0.15, 0.2) is 0 Å². The number of piperazine rings is 1. The fourth-order valence-electron chi connectivity index (χ4n) is 5.95. The maximum absolute atomic E-state index is 13.3. The average Bonchev–Trinajstić information content (AvgIpc) is 3.70. The first-order chi connectivity index (χ1) is 22.4. The molecule has 0 atom stereocenters. The minimum absolute atomic E-state index is 0.0599. The van der Waals surface area contributed by atoms with Gasteiger partial charge in [0, 0.05) is 63.4 Å². The van der Waals surface area contributed by atoms with Gasteiger partial charge in [-0.3, -0.25) is 19.8 Å². The maximum Gasteiger partial charge on any atom is 0.270 e. The third-order valence-corrected chi connectivity index (χ3v) is 8.52. The number of H-pyrrole nitrogens is 1. The van der Waals surface area contributed by atoms with E-state index >= 15 is 0 Å². The summed E-state index contributed by atoms with van der Waals surface area (Å²) in [6, 6.07) is 19.6. The summed E-state index contributed by atoms with van der Waals surface area (Å²) in [6.45, 7) is 10.4. The zero-order valence-corrected chi connectivity index (χ0v) is 26.6. The molecule has 238 valence electrons. The second kappa shape index (κ2) is 14.0. The van der Waals surface area contributed by atoms with E-state index in [4.69, 9.17) is 4.98 Å². The molecule has 0 radical (unpaired) electrons. The number of benzene rings is 3. The Bertz CT molecular complexity index is 1810. The number of likely N-dealkylation sites (N-methyl/N-ethyl adjacent to an activating group) is 1. The van der Waals surface area contributed by atoms with Crippen LogP contribution in [0.15, 0.2) is 60.7 Å². The standard InChI is InChI=1S/C34H40N10O2/c1-4-7-30-36-31-23(2)20-26(32(45)35-14-15-43-18-16-42(3)17-19-43)21-29(31)44(30)22-24-10-12-25(13-11-24)27-8-5-6-9-28(27)33(46)37-34-38-40-41-39-34/h5-6,8-13,20-21H,4,7,14-19,22H2,1-3H3,(H,35,45)(H2,37,38,39,40,41,46). The molecule has 1 saturated heterocycles. The van der Waals surface area contributed by atoms with Gasteiger partial charge in [0.1, 0.15) is 5.82 Å². The third kappa shape index (κ3) is 6.98. The van der Waals surface area contributed by atoms with E-state index in [-0.39, 0.29) is 17.8 Å². The van der Waals surface area contributed by atoms with Crippen molar-refractivity contribution in [3.05, 3.63) is 88.7 Å². The third-order valence-electron chi connectivity index (χ3n) is 8.52. The Labute approximate surface area is 268 Å². The zero-order valence-electron chi connectivity index (χ0n) is 26.6. The largest absolute Gasteiger partial charge is 0.351 e. The van der Waals surface area contributed by atoms with E-state index < -0.39 is 0 Å². The molecule has 5 aromatic rings. The quantitative estimate of drug-likeness (QED) is 0.203. The number of aryl methyl sites for hydroxylation is 2. The van der Waals surface area contributed by atoms with Gasteiger partial charge in [0.25, 0.3) is 17.8 Å². The van der Waals surface area contributed by atoms with Gasteiger partial charge in [0.05, 0.1) is 11.0 Å². The van der Waals surface area contributed by atoms with E-state index in [9.17, 15) is 9.59 Å². The summed E-state index contributed by atoms with van der Waals surface area (Å²) in [6.07, 6.45) is 1.80. The Morgan fingerprint density at radius 1 is 0.978 bits per heavy atom. The van der Waals surface area contributed by atoms with E-state index in [0.29, 0.717) is 24.2 Å². The van der Waals surface area contributed by atoms with Crippen LogP contribution in [-0.2, 0) is 13.0 Å². The number of fused-ring (bicyclic) bond motifs is 1. The van der Waals surface area contributed by atoms with Gasteiger partial charge in [-0.2, -0.15) is 5.21 Å². The SMILES string of the molecule is CCCc1nc2c(C)cc(C(=O)NCCN3CCN(C)CC3)cc2n1Cc1ccc(-c2ccccc2C(=O)Nc2nn[nH]n2)cc1. The molecule has 1 fully saturated rings. The lowest BCUT2D eigenvalue weighted by molar-refractivity contribution is 0.0940. The van der Waals surface area contributed by atoms with Crippen molar-refractivity contribution in [2.45, 2.75) is 33.2 Å². The molecule has 3 N–H and O–H groups in total. The molecule has 2 aromatic heterocycles. The van der Waals surface area contributed by atoms with E-state index in [1.54, 1.807) is 6.07 Å². The smallest absolute Gasteiger partial charge is 0.270 e. The summed E-state index contributed by atoms with van der Waals surface area (Å²) in [5, 5.41) is 19.3. The van der Waals surface area contributed by atoms with Gasteiger partial charge in [-0.05, 0) is 66.1 Å². The molecular formula is C34H40N10O2. The van der Waals surface area contributed by atoms with Crippen LogP contribution in [0.5, 0.6) is 0 Å². The van der Waals surface area contributed by atoms with Crippen LogP contribution in [-0.4, -0.2) is 98.1 Å². The summed E-state index contributed by atoms with van der Waals surface area (Å²) < 4.78 is 2.23. The number of amides is 2. The molecule has 6 rings (SSSR count). The second-order valence-electron chi connectivity index (χ2n) is 11.9. The highest BCUT2D eigenvalue weighted by Gasteiger charge is 2.19. The molecular weight excluding hydrogens is 580 g/mol. The summed E-state index contributed by atoms with van der Waals surface area (Å²) in [7, 11) is 2.15. The molecule has 46 heavy (non-hydrogen) atoms. The van der Waals surface area contributed by atoms with Gasteiger partial charge in [-0.25, -0.2) is 4.98 Å². The topological polar surface area (TPSA) is 137 Å². The molecule has 0 spiro atoms. The van der Waals surface area contributed by atoms with Crippen LogP contribution < -0.4 is 10.6 Å². The number of anilines is 1. The van der Waals surface area contributed by atoms with Gasteiger partial charge in [-0.1, -0.05) is 54.5 Å². The molecule has 3 heterocycles. The fraction of sp³-hybridized carbons (Fsp3) is 0.353. The summed E-state index contributed by atoms with van der Waals surface area (Å²) >= 11 is 0. The summed E-state index contributed by atoms with van der Waals surface area (Å²) in [5.41, 5.74) is 6.84. The van der Waals surface area contributed by atoms with E-state index in [1.807, 2.05) is 49.4 Å². The number of carbonyl (C=O) groups is 2. The number of aromatic amines is 1. The van der Waals surface area contributed by atoms with Gasteiger partial charge in [0.2, 0.25) is 0 Å². The molecule has 12 nitrogen and oxygen atoms in total. The van der Waals surface area contributed by atoms with Crippen molar-refractivity contribution in [2.24, 2.45) is 0 Å². The molecule has 0 saturated carbocycles. The fourth-order valence-corrected chi connectivity index (χ4v) is 5.95. The number of hydrogen-bond donors (Lipinski definition) is 3. The Balaban J connectivity index is 1.21. The van der Waals surface area contributed by atoms with Crippen molar-refractivity contribution in [3.63, 3.8) is 0 Å². The lowest BCUT2D eigenvalue weighted by Crippen LogP contribution is -2.46. The normalized spacial score (nSPS) is 14.1. The summed E-state index contributed by atoms with van der Waals surface area (Å²) in [5.74, 6) is 0.743. The lowest BCUT2D eigenvalue weighted by atomic mass is 9.98. The van der Waals surface area contributed by atoms with Crippen LogP contribution in [0, 0.1) is 6.92 Å². The van der Waals surface area contributed by atoms with E-state index in [1.165, 1.54) is 0 Å². The highest BCUT2D eigenvalue weighted by molar-refractivity contribution is 6.08. The van der Waals surface area contributed by atoms with Crippen LogP contribution >= 0.6 is 0 Å². The van der Waals surface area contributed by atoms with Crippen molar-refractivity contribution >= 4 is 28.8 Å².